The van der Waals surface area contributed by atoms with Crippen molar-refractivity contribution in [3.05, 3.63) is 36.2 Å². The van der Waals surface area contributed by atoms with Crippen molar-refractivity contribution in [1.29, 1.82) is 0 Å². The SMILES string of the molecule is CC(=O)O.CC(=O)O.CCN(CC)Cc1cc(-c2nccn2CC2(O)CCCNC2)ccc1OC. The van der Waals surface area contributed by atoms with Crippen LogP contribution in [0, 0.1) is 0 Å². The first kappa shape index (κ1) is 30.1. The first-order valence-electron chi connectivity index (χ1n) is 11.8. The fraction of sp³-hybridized carbons (Fsp3) is 0.560. The maximum Gasteiger partial charge on any atom is 0.300 e. The maximum atomic E-state index is 10.9. The topological polar surface area (TPSA) is 137 Å². The summed E-state index contributed by atoms with van der Waals surface area (Å²) in [5.74, 6) is 0.122. The number of imidazole rings is 1. The molecule has 0 aliphatic carbocycles. The number of β-amino-alcohol motifs (C(OH)–C–C–N with tert-alkyl or cyclic N) is 1. The molecule has 0 saturated carbocycles. The van der Waals surface area contributed by atoms with Gasteiger partial charge in [-0.05, 0) is 50.7 Å². The Morgan fingerprint density at radius 2 is 1.83 bits per heavy atom. The molecule has 35 heavy (non-hydrogen) atoms. The molecule has 1 aromatic carbocycles. The van der Waals surface area contributed by atoms with Crippen LogP contribution < -0.4 is 10.1 Å². The van der Waals surface area contributed by atoms with Crippen LogP contribution in [-0.4, -0.2) is 80.6 Å². The smallest absolute Gasteiger partial charge is 0.300 e. The number of rotatable bonds is 8. The van der Waals surface area contributed by atoms with E-state index in [9.17, 15) is 5.11 Å². The normalized spacial score (nSPS) is 17.0. The van der Waals surface area contributed by atoms with Crippen LogP contribution in [0.25, 0.3) is 11.4 Å². The van der Waals surface area contributed by atoms with Crippen molar-refractivity contribution in [1.82, 2.24) is 19.8 Å². The number of ether oxygens (including phenoxy) is 1. The molecule has 10 heteroatoms. The van der Waals surface area contributed by atoms with E-state index in [2.05, 4.69) is 39.7 Å². The lowest BCUT2D eigenvalue weighted by atomic mass is 9.94. The number of carbonyl (C=O) groups is 2. The molecule has 10 nitrogen and oxygen atoms in total. The zero-order valence-electron chi connectivity index (χ0n) is 21.5. The molecule has 196 valence electrons. The summed E-state index contributed by atoms with van der Waals surface area (Å²) >= 11 is 0. The highest BCUT2D eigenvalue weighted by Crippen LogP contribution is 2.28. The van der Waals surface area contributed by atoms with Gasteiger partial charge in [-0.1, -0.05) is 13.8 Å². The molecule has 0 amide bonds. The minimum atomic E-state index is -0.833. The summed E-state index contributed by atoms with van der Waals surface area (Å²) in [5.41, 5.74) is 1.49. The van der Waals surface area contributed by atoms with E-state index in [0.29, 0.717) is 13.1 Å². The van der Waals surface area contributed by atoms with Crippen LogP contribution in [0.1, 0.15) is 46.1 Å². The zero-order chi connectivity index (χ0) is 26.4. The molecular weight excluding hydrogens is 452 g/mol. The third-order valence-electron chi connectivity index (χ3n) is 5.46. The van der Waals surface area contributed by atoms with Gasteiger partial charge in [0.1, 0.15) is 11.6 Å². The lowest BCUT2D eigenvalue weighted by molar-refractivity contribution is -0.135. The third kappa shape index (κ3) is 10.9. The molecule has 3 rings (SSSR count). The molecule has 2 aromatic rings. The number of methoxy groups -OCH3 is 1. The van der Waals surface area contributed by atoms with Crippen LogP contribution in [0.5, 0.6) is 5.75 Å². The van der Waals surface area contributed by atoms with Crippen LogP contribution >= 0.6 is 0 Å². The number of aliphatic hydroxyl groups is 1. The Hall–Kier alpha value is -2.95. The lowest BCUT2D eigenvalue weighted by Crippen LogP contribution is -2.48. The summed E-state index contributed by atoms with van der Waals surface area (Å²) in [6, 6.07) is 6.23. The second-order valence-corrected chi connectivity index (χ2v) is 8.41. The van der Waals surface area contributed by atoms with E-state index < -0.39 is 17.5 Å². The van der Waals surface area contributed by atoms with E-state index in [1.54, 1.807) is 7.11 Å². The molecule has 0 bridgehead atoms. The number of nitrogens with zero attached hydrogens (tertiary/aromatic N) is 3. The molecule has 0 spiro atoms. The van der Waals surface area contributed by atoms with Crippen LogP contribution in [0.4, 0.5) is 0 Å². The van der Waals surface area contributed by atoms with Gasteiger partial charge in [-0.2, -0.15) is 0 Å². The number of nitrogens with one attached hydrogen (secondary N) is 1. The summed E-state index contributed by atoms with van der Waals surface area (Å²) in [5, 5.41) is 29.0. The quantitative estimate of drug-likeness (QED) is 0.438. The minimum absolute atomic E-state index is 0.548. The number of carboxylic acids is 2. The third-order valence-corrected chi connectivity index (χ3v) is 5.46. The van der Waals surface area contributed by atoms with Gasteiger partial charge in [0.25, 0.3) is 11.9 Å². The largest absolute Gasteiger partial charge is 0.496 e. The molecule has 4 N–H and O–H groups in total. The molecule has 1 aliphatic rings. The van der Waals surface area contributed by atoms with Gasteiger partial charge in [0.15, 0.2) is 0 Å². The maximum absolute atomic E-state index is 10.9. The second kappa shape index (κ2) is 15.1. The monoisotopic (exact) mass is 492 g/mol. The summed E-state index contributed by atoms with van der Waals surface area (Å²) in [6.45, 7) is 11.5. The number of aromatic nitrogens is 2. The van der Waals surface area contributed by atoms with E-state index in [-0.39, 0.29) is 0 Å². The van der Waals surface area contributed by atoms with E-state index in [4.69, 9.17) is 24.5 Å². The average molecular weight is 493 g/mol. The molecule has 2 heterocycles. The standard InChI is InChI=1S/C21H32N4O2.2C2H4O2/c1-4-24(5-2)14-18-13-17(7-8-19(18)27-3)20-23-11-12-25(20)16-21(26)9-6-10-22-15-21;2*1-2(3)4/h7-8,11-13,22,26H,4-6,9-10,14-16H2,1-3H3;2*1H3,(H,3,4). The predicted octanol–water partition coefficient (Wildman–Crippen LogP) is 2.70. The Morgan fingerprint density at radius 3 is 2.34 bits per heavy atom. The Labute approximate surface area is 207 Å². The summed E-state index contributed by atoms with van der Waals surface area (Å²) in [6.07, 6.45) is 5.57. The van der Waals surface area contributed by atoms with Crippen molar-refractivity contribution in [3.8, 4) is 17.1 Å². The molecule has 1 aliphatic heterocycles. The Kier molecular flexibility index (Phi) is 13.0. The van der Waals surface area contributed by atoms with Gasteiger partial charge in [-0.25, -0.2) is 4.98 Å². The fourth-order valence-corrected chi connectivity index (χ4v) is 3.83. The summed E-state index contributed by atoms with van der Waals surface area (Å²) in [4.78, 5) is 24.9. The van der Waals surface area contributed by atoms with E-state index in [1.165, 1.54) is 0 Å². The van der Waals surface area contributed by atoms with Crippen LogP contribution in [0.15, 0.2) is 30.6 Å². The van der Waals surface area contributed by atoms with Crippen LogP contribution in [0.2, 0.25) is 0 Å². The zero-order valence-corrected chi connectivity index (χ0v) is 21.5. The molecule has 1 unspecified atom stereocenters. The number of hydrogen-bond acceptors (Lipinski definition) is 7. The van der Waals surface area contributed by atoms with Gasteiger partial charge in [-0.15, -0.1) is 0 Å². The molecule has 1 saturated heterocycles. The number of piperidine rings is 1. The minimum Gasteiger partial charge on any atom is -0.496 e. The van der Waals surface area contributed by atoms with Crippen molar-refractivity contribution in [2.75, 3.05) is 33.3 Å². The Balaban J connectivity index is 0.000000668. The van der Waals surface area contributed by atoms with Gasteiger partial charge in [0.05, 0.1) is 19.3 Å². The Morgan fingerprint density at radius 1 is 1.20 bits per heavy atom. The van der Waals surface area contributed by atoms with Crippen molar-refractivity contribution in [2.45, 2.75) is 59.2 Å². The second-order valence-electron chi connectivity index (χ2n) is 8.41. The molecule has 1 fully saturated rings. The van der Waals surface area contributed by atoms with Crippen LogP contribution in [0.3, 0.4) is 0 Å². The first-order chi connectivity index (χ1) is 16.5. The van der Waals surface area contributed by atoms with Crippen molar-refractivity contribution >= 4 is 11.9 Å². The number of hydrogen-bond donors (Lipinski definition) is 4. The molecular formula is C25H40N4O6. The summed E-state index contributed by atoms with van der Waals surface area (Å²) < 4.78 is 7.64. The van der Waals surface area contributed by atoms with Gasteiger partial charge in [-0.3, -0.25) is 14.5 Å². The van der Waals surface area contributed by atoms with Crippen molar-refractivity contribution in [2.24, 2.45) is 0 Å². The van der Waals surface area contributed by atoms with E-state index in [0.717, 1.165) is 75.6 Å². The number of carboxylic acid groups (broad SMARTS) is 2. The predicted molar refractivity (Wildman–Crippen MR) is 135 cm³/mol. The average Bonchev–Trinajstić information content (AvgIpc) is 3.24. The van der Waals surface area contributed by atoms with Crippen LogP contribution in [-0.2, 0) is 22.7 Å². The summed E-state index contributed by atoms with van der Waals surface area (Å²) in [7, 11) is 1.72. The highest BCUT2D eigenvalue weighted by molar-refractivity contribution is 5.63. The van der Waals surface area contributed by atoms with Gasteiger partial charge >= 0.3 is 0 Å². The molecule has 1 aromatic heterocycles. The number of aliphatic carboxylic acids is 2. The fourth-order valence-electron chi connectivity index (χ4n) is 3.83. The highest BCUT2D eigenvalue weighted by Gasteiger charge is 2.30. The Bertz CT molecular complexity index is 900. The molecule has 1 atom stereocenters. The van der Waals surface area contributed by atoms with E-state index >= 15 is 0 Å². The lowest BCUT2D eigenvalue weighted by Gasteiger charge is -2.33. The van der Waals surface area contributed by atoms with E-state index in [1.807, 2.05) is 24.5 Å². The highest BCUT2D eigenvalue weighted by atomic mass is 16.5. The van der Waals surface area contributed by atoms with Gasteiger partial charge in [0.2, 0.25) is 0 Å². The first-order valence-corrected chi connectivity index (χ1v) is 11.8. The molecule has 0 radical (unpaired) electrons. The van der Waals surface area contributed by atoms with Gasteiger partial charge < -0.3 is 29.9 Å². The van der Waals surface area contributed by atoms with Crippen molar-refractivity contribution in [3.63, 3.8) is 0 Å². The number of benzene rings is 1. The van der Waals surface area contributed by atoms with Crippen molar-refractivity contribution < 1.29 is 29.6 Å². The van der Waals surface area contributed by atoms with Gasteiger partial charge in [0, 0.05) is 50.5 Å².